The number of amidine groups is 1. The number of likely N-dealkylation sites (tertiary alicyclic amines) is 2. The Labute approximate surface area is 242 Å². The van der Waals surface area contributed by atoms with Gasteiger partial charge in [-0.1, -0.05) is 47.1 Å². The van der Waals surface area contributed by atoms with Crippen molar-refractivity contribution in [1.82, 2.24) is 9.80 Å². The molecule has 2 aromatic carbocycles. The Morgan fingerprint density at radius 1 is 1.05 bits per heavy atom. The largest absolute Gasteiger partial charge is 0.409 e. The van der Waals surface area contributed by atoms with Gasteiger partial charge in [-0.3, -0.25) is 9.59 Å². The maximum atomic E-state index is 13.7. The summed E-state index contributed by atoms with van der Waals surface area (Å²) >= 11 is 6.45. The van der Waals surface area contributed by atoms with Crippen LogP contribution >= 0.6 is 11.6 Å². The van der Waals surface area contributed by atoms with Crippen molar-refractivity contribution in [3.05, 3.63) is 64.2 Å². The molecule has 40 heavy (non-hydrogen) atoms. The molecule has 2 aliphatic heterocycles. The van der Waals surface area contributed by atoms with Crippen LogP contribution in [0.5, 0.6) is 0 Å². The average molecular weight is 568 g/mol. The van der Waals surface area contributed by atoms with E-state index in [4.69, 9.17) is 22.5 Å². The topological polar surface area (TPSA) is 102 Å². The Balaban J connectivity index is 1.29. The van der Waals surface area contributed by atoms with Crippen molar-refractivity contribution in [3.63, 3.8) is 0 Å². The number of carbonyl (C=O) groups excluding carboxylic acids is 2. The molecule has 0 unspecified atom stereocenters. The summed E-state index contributed by atoms with van der Waals surface area (Å²) in [4.78, 5) is 31.7. The fourth-order valence-corrected chi connectivity index (χ4v) is 6.02. The van der Waals surface area contributed by atoms with Crippen molar-refractivity contribution in [1.29, 1.82) is 0 Å². The van der Waals surface area contributed by atoms with Gasteiger partial charge in [0.1, 0.15) is 0 Å². The first-order chi connectivity index (χ1) is 19.2. The molecule has 0 aliphatic carbocycles. The molecular formula is C31H42ClN5O3. The number of nitrogens with zero attached hydrogens (tertiary/aromatic N) is 4. The van der Waals surface area contributed by atoms with E-state index in [0.29, 0.717) is 43.4 Å². The lowest BCUT2D eigenvalue weighted by Crippen LogP contribution is -2.45. The van der Waals surface area contributed by atoms with Gasteiger partial charge in [-0.15, -0.1) is 0 Å². The van der Waals surface area contributed by atoms with E-state index in [1.165, 1.54) is 5.56 Å². The number of carbonyl (C=O) groups is 2. The van der Waals surface area contributed by atoms with Gasteiger partial charge in [0.05, 0.1) is 0 Å². The molecule has 2 heterocycles. The van der Waals surface area contributed by atoms with Crippen LogP contribution in [0.4, 0.5) is 5.69 Å². The van der Waals surface area contributed by atoms with Crippen molar-refractivity contribution in [3.8, 4) is 0 Å². The normalized spacial score (nSPS) is 17.7. The van der Waals surface area contributed by atoms with Crippen LogP contribution in [0.25, 0.3) is 0 Å². The Morgan fingerprint density at radius 3 is 2.33 bits per heavy atom. The summed E-state index contributed by atoms with van der Waals surface area (Å²) in [5, 5.41) is 12.6. The quantitative estimate of drug-likeness (QED) is 0.198. The van der Waals surface area contributed by atoms with Crippen LogP contribution in [-0.4, -0.2) is 71.9 Å². The zero-order valence-electron chi connectivity index (χ0n) is 23.7. The molecule has 2 amide bonds. The molecule has 216 valence electrons. The molecule has 0 aromatic heterocycles. The highest BCUT2D eigenvalue weighted by atomic mass is 35.5. The summed E-state index contributed by atoms with van der Waals surface area (Å²) in [6.07, 6.45) is 5.62. The van der Waals surface area contributed by atoms with Gasteiger partial charge in [-0.05, 0) is 94.3 Å². The van der Waals surface area contributed by atoms with E-state index >= 15 is 0 Å². The number of rotatable bonds is 9. The third kappa shape index (κ3) is 7.76. The van der Waals surface area contributed by atoms with E-state index in [1.54, 1.807) is 6.92 Å². The van der Waals surface area contributed by atoms with Crippen LogP contribution in [0.15, 0.2) is 47.6 Å². The fraction of sp³-hybridized carbons (Fsp3) is 0.516. The van der Waals surface area contributed by atoms with E-state index < -0.39 is 0 Å². The van der Waals surface area contributed by atoms with E-state index in [9.17, 15) is 9.59 Å². The molecule has 4 rings (SSSR count). The lowest BCUT2D eigenvalue weighted by atomic mass is 9.90. The minimum atomic E-state index is -0.0761. The number of nitrogens with two attached hydrogens (primary N) is 1. The van der Waals surface area contributed by atoms with Crippen molar-refractivity contribution >= 4 is 34.9 Å². The summed E-state index contributed by atoms with van der Waals surface area (Å²) in [5.41, 5.74) is 9.52. The summed E-state index contributed by atoms with van der Waals surface area (Å²) in [5.74, 6) is 0.907. The number of piperidine rings is 2. The van der Waals surface area contributed by atoms with E-state index in [-0.39, 0.29) is 23.6 Å². The molecule has 0 bridgehead atoms. The SMILES string of the molecule is CC(=O)N1CCC(C(=O)N(CCCN2CCC(Cc3ccc(/C(N)=N/O)cc3)CC2)c2ccc(C)c(Cl)c2)CC1. The maximum Gasteiger partial charge on any atom is 0.230 e. The molecule has 2 aliphatic rings. The molecular weight excluding hydrogens is 526 g/mol. The molecule has 3 N–H and O–H groups in total. The third-order valence-electron chi connectivity index (χ3n) is 8.47. The second kappa shape index (κ2) is 14.0. The molecule has 9 heteroatoms. The zero-order chi connectivity index (χ0) is 28.6. The van der Waals surface area contributed by atoms with Crippen molar-refractivity contribution < 1.29 is 14.8 Å². The number of amides is 2. The molecule has 0 spiro atoms. The van der Waals surface area contributed by atoms with Crippen molar-refractivity contribution in [2.24, 2.45) is 22.7 Å². The summed E-state index contributed by atoms with van der Waals surface area (Å²) in [6.45, 7) is 8.55. The summed E-state index contributed by atoms with van der Waals surface area (Å²) in [6, 6.07) is 13.8. The van der Waals surface area contributed by atoms with Gasteiger partial charge in [0, 0.05) is 48.7 Å². The van der Waals surface area contributed by atoms with Gasteiger partial charge in [0.25, 0.3) is 0 Å². The third-order valence-corrected chi connectivity index (χ3v) is 8.87. The van der Waals surface area contributed by atoms with E-state index in [0.717, 1.165) is 62.1 Å². The second-order valence-corrected chi connectivity index (χ2v) is 11.6. The molecule has 0 atom stereocenters. The first-order valence-corrected chi connectivity index (χ1v) is 14.7. The average Bonchev–Trinajstić information content (AvgIpc) is 2.97. The Morgan fingerprint density at radius 2 is 1.73 bits per heavy atom. The number of hydrogen-bond acceptors (Lipinski definition) is 5. The molecule has 0 saturated carbocycles. The number of anilines is 1. The molecule has 2 saturated heterocycles. The maximum absolute atomic E-state index is 13.7. The highest BCUT2D eigenvalue weighted by Crippen LogP contribution is 2.28. The lowest BCUT2D eigenvalue weighted by Gasteiger charge is -2.35. The molecule has 0 radical (unpaired) electrons. The molecule has 8 nitrogen and oxygen atoms in total. The van der Waals surface area contributed by atoms with Gasteiger partial charge < -0.3 is 25.6 Å². The van der Waals surface area contributed by atoms with Crippen molar-refractivity contribution in [2.75, 3.05) is 44.2 Å². The second-order valence-electron chi connectivity index (χ2n) is 11.2. The van der Waals surface area contributed by atoms with E-state index in [2.05, 4.69) is 22.2 Å². The first-order valence-electron chi connectivity index (χ1n) is 14.4. The number of halogens is 1. The highest BCUT2D eigenvalue weighted by molar-refractivity contribution is 6.31. The smallest absolute Gasteiger partial charge is 0.230 e. The fourth-order valence-electron chi connectivity index (χ4n) is 5.85. The standard InChI is InChI=1S/C31H42ClN5O3/c1-22-4-9-28(21-29(22)32)37(31(39)27-12-18-36(19-13-27)23(2)38)15-3-14-35-16-10-25(11-17-35)20-24-5-7-26(8-6-24)30(33)34-40/h4-9,21,25,27,40H,3,10-20H2,1-2H3,(H2,33,34). The lowest BCUT2D eigenvalue weighted by molar-refractivity contribution is -0.133. The first kappa shape index (κ1) is 29.9. The van der Waals surface area contributed by atoms with Crippen LogP contribution in [0.2, 0.25) is 5.02 Å². The van der Waals surface area contributed by atoms with Crippen LogP contribution in [0.3, 0.4) is 0 Å². The van der Waals surface area contributed by atoms with Crippen LogP contribution < -0.4 is 10.6 Å². The van der Waals surface area contributed by atoms with Gasteiger partial charge in [0.15, 0.2) is 5.84 Å². The predicted octanol–water partition coefficient (Wildman–Crippen LogP) is 4.68. The molecule has 2 fully saturated rings. The Hall–Kier alpha value is -3.10. The van der Waals surface area contributed by atoms with Crippen LogP contribution in [-0.2, 0) is 16.0 Å². The predicted molar refractivity (Wildman–Crippen MR) is 160 cm³/mol. The van der Waals surface area contributed by atoms with Crippen molar-refractivity contribution in [2.45, 2.75) is 52.4 Å². The highest BCUT2D eigenvalue weighted by Gasteiger charge is 2.30. The van der Waals surface area contributed by atoms with E-state index in [1.807, 2.05) is 47.1 Å². The monoisotopic (exact) mass is 567 g/mol. The zero-order valence-corrected chi connectivity index (χ0v) is 24.4. The summed E-state index contributed by atoms with van der Waals surface area (Å²) < 4.78 is 0. The van der Waals surface area contributed by atoms with Gasteiger partial charge in [-0.25, -0.2) is 0 Å². The number of aryl methyl sites for hydroxylation is 1. The van der Waals surface area contributed by atoms with Gasteiger partial charge in [0.2, 0.25) is 11.8 Å². The Kier molecular flexibility index (Phi) is 10.5. The van der Waals surface area contributed by atoms with Gasteiger partial charge in [-0.2, -0.15) is 0 Å². The van der Waals surface area contributed by atoms with Crippen LogP contribution in [0, 0.1) is 18.8 Å². The number of hydrogen-bond donors (Lipinski definition) is 2. The minimum Gasteiger partial charge on any atom is -0.409 e. The van der Waals surface area contributed by atoms with Crippen LogP contribution in [0.1, 0.15) is 55.7 Å². The molecule has 2 aromatic rings. The minimum absolute atomic E-state index is 0.0761. The van der Waals surface area contributed by atoms with Gasteiger partial charge >= 0.3 is 0 Å². The number of benzene rings is 2. The number of oxime groups is 1. The summed E-state index contributed by atoms with van der Waals surface area (Å²) in [7, 11) is 0. The Bertz CT molecular complexity index is 1190.